The van der Waals surface area contributed by atoms with Crippen LogP contribution in [0.4, 0.5) is 5.69 Å². The van der Waals surface area contributed by atoms with Gasteiger partial charge in [0.25, 0.3) is 11.7 Å². The van der Waals surface area contributed by atoms with Crippen LogP contribution in [-0.4, -0.2) is 36.0 Å². The van der Waals surface area contributed by atoms with Crippen LogP contribution in [0.2, 0.25) is 0 Å². The van der Waals surface area contributed by atoms with Gasteiger partial charge in [-0.2, -0.15) is 0 Å². The van der Waals surface area contributed by atoms with Crippen LogP contribution in [0.1, 0.15) is 42.5 Å². The van der Waals surface area contributed by atoms with E-state index in [0.29, 0.717) is 34.2 Å². The van der Waals surface area contributed by atoms with Crippen LogP contribution in [0.15, 0.2) is 72.6 Å². The van der Waals surface area contributed by atoms with E-state index >= 15 is 0 Å². The van der Waals surface area contributed by atoms with Crippen molar-refractivity contribution in [3.8, 4) is 11.5 Å². The van der Waals surface area contributed by atoms with Crippen LogP contribution in [0.3, 0.4) is 0 Å². The summed E-state index contributed by atoms with van der Waals surface area (Å²) in [5.41, 5.74) is 2.66. The molecule has 4 rings (SSSR count). The molecule has 174 valence electrons. The van der Waals surface area contributed by atoms with E-state index in [1.54, 1.807) is 30.3 Å². The van der Waals surface area contributed by atoms with Crippen LogP contribution in [0, 0.1) is 0 Å². The number of nitrogens with zero attached hydrogens (tertiary/aromatic N) is 2. The minimum absolute atomic E-state index is 0.00337. The van der Waals surface area contributed by atoms with Gasteiger partial charge in [-0.3, -0.25) is 19.5 Å². The zero-order valence-electron chi connectivity index (χ0n) is 19.5. The highest BCUT2D eigenvalue weighted by atomic mass is 16.5. The number of aliphatic hydroxyl groups is 1. The summed E-state index contributed by atoms with van der Waals surface area (Å²) >= 11 is 0. The third-order valence-corrected chi connectivity index (χ3v) is 5.96. The number of benzene rings is 2. The Bertz CT molecular complexity index is 1250. The zero-order valence-corrected chi connectivity index (χ0v) is 19.5. The molecule has 1 aliphatic heterocycles. The fourth-order valence-electron chi connectivity index (χ4n) is 4.12. The van der Waals surface area contributed by atoms with Gasteiger partial charge in [0.1, 0.15) is 5.76 Å². The van der Waals surface area contributed by atoms with Crippen LogP contribution >= 0.6 is 0 Å². The van der Waals surface area contributed by atoms with Crippen molar-refractivity contribution in [3.05, 3.63) is 89.3 Å². The summed E-state index contributed by atoms with van der Waals surface area (Å²) in [6.07, 6.45) is 3.03. The summed E-state index contributed by atoms with van der Waals surface area (Å²) in [5, 5.41) is 11.1. The Morgan fingerprint density at radius 2 is 1.59 bits per heavy atom. The minimum atomic E-state index is -0.863. The quantitative estimate of drug-likeness (QED) is 0.323. The fraction of sp³-hybridized carbons (Fsp3) is 0.222. The average Bonchev–Trinajstić information content (AvgIpc) is 3.13. The molecule has 7 heteroatoms. The highest BCUT2D eigenvalue weighted by molar-refractivity contribution is 6.51. The van der Waals surface area contributed by atoms with Crippen LogP contribution in [0.5, 0.6) is 11.5 Å². The summed E-state index contributed by atoms with van der Waals surface area (Å²) in [5.74, 6) is -0.461. The van der Waals surface area contributed by atoms with Gasteiger partial charge < -0.3 is 14.6 Å². The van der Waals surface area contributed by atoms with Gasteiger partial charge in [0.05, 0.1) is 25.8 Å². The van der Waals surface area contributed by atoms with Gasteiger partial charge in [0.15, 0.2) is 11.5 Å². The molecule has 0 bridgehead atoms. The maximum Gasteiger partial charge on any atom is 0.300 e. The molecular weight excluding hydrogens is 432 g/mol. The molecule has 1 unspecified atom stereocenters. The van der Waals surface area contributed by atoms with E-state index in [9.17, 15) is 14.7 Å². The zero-order chi connectivity index (χ0) is 24.4. The molecule has 1 atom stereocenters. The summed E-state index contributed by atoms with van der Waals surface area (Å²) in [6, 6.07) is 15.0. The number of aliphatic hydroxyl groups excluding tert-OH is 1. The van der Waals surface area contributed by atoms with Gasteiger partial charge in [-0.1, -0.05) is 32.0 Å². The first-order chi connectivity index (χ1) is 16.4. The van der Waals surface area contributed by atoms with Gasteiger partial charge in [0, 0.05) is 23.6 Å². The lowest BCUT2D eigenvalue weighted by Crippen LogP contribution is -2.29. The molecular formula is C27H26N2O5. The van der Waals surface area contributed by atoms with Crippen molar-refractivity contribution in [1.29, 1.82) is 0 Å². The van der Waals surface area contributed by atoms with Crippen molar-refractivity contribution in [2.45, 2.75) is 25.8 Å². The third-order valence-electron chi connectivity index (χ3n) is 5.96. The lowest BCUT2D eigenvalue weighted by atomic mass is 9.95. The number of anilines is 1. The molecule has 1 aromatic heterocycles. The first kappa shape index (κ1) is 23.0. The number of amides is 1. The molecule has 1 N–H and O–H groups in total. The average molecular weight is 459 g/mol. The van der Waals surface area contributed by atoms with Crippen LogP contribution in [-0.2, 0) is 9.59 Å². The number of hydrogen-bond donors (Lipinski definition) is 1. The molecule has 1 amide bonds. The smallest absolute Gasteiger partial charge is 0.300 e. The molecule has 2 aromatic carbocycles. The molecule has 7 nitrogen and oxygen atoms in total. The van der Waals surface area contributed by atoms with Gasteiger partial charge in [0.2, 0.25) is 0 Å². The van der Waals surface area contributed by atoms with Gasteiger partial charge >= 0.3 is 0 Å². The lowest BCUT2D eigenvalue weighted by Gasteiger charge is -2.26. The monoisotopic (exact) mass is 458 g/mol. The summed E-state index contributed by atoms with van der Waals surface area (Å²) in [6.45, 7) is 4.17. The molecule has 0 saturated carbocycles. The predicted molar refractivity (Wildman–Crippen MR) is 129 cm³/mol. The molecule has 1 fully saturated rings. The van der Waals surface area contributed by atoms with Crippen molar-refractivity contribution >= 4 is 23.1 Å². The largest absolute Gasteiger partial charge is 0.507 e. The minimum Gasteiger partial charge on any atom is -0.507 e. The molecule has 1 aliphatic rings. The second-order valence-corrected chi connectivity index (χ2v) is 8.27. The van der Waals surface area contributed by atoms with E-state index in [1.807, 2.05) is 24.3 Å². The normalized spacial score (nSPS) is 17.3. The first-order valence-corrected chi connectivity index (χ1v) is 10.9. The van der Waals surface area contributed by atoms with Crippen molar-refractivity contribution in [2.75, 3.05) is 19.1 Å². The lowest BCUT2D eigenvalue weighted by molar-refractivity contribution is -0.132. The highest BCUT2D eigenvalue weighted by Gasteiger charge is 2.47. The van der Waals surface area contributed by atoms with Gasteiger partial charge in [-0.25, -0.2) is 0 Å². The molecule has 3 aromatic rings. The number of Topliss-reactive ketones (excluding diaryl/α,β-unsaturated/α-hetero) is 1. The number of methoxy groups -OCH3 is 2. The molecule has 34 heavy (non-hydrogen) atoms. The van der Waals surface area contributed by atoms with E-state index < -0.39 is 17.7 Å². The molecule has 0 spiro atoms. The van der Waals surface area contributed by atoms with E-state index in [4.69, 9.17) is 9.47 Å². The summed E-state index contributed by atoms with van der Waals surface area (Å²) < 4.78 is 10.8. The fourth-order valence-corrected chi connectivity index (χ4v) is 4.12. The Hall–Kier alpha value is -4.13. The van der Waals surface area contributed by atoms with Crippen molar-refractivity contribution in [3.63, 3.8) is 0 Å². The van der Waals surface area contributed by atoms with Crippen LogP contribution < -0.4 is 14.4 Å². The summed E-state index contributed by atoms with van der Waals surface area (Å²) in [7, 11) is 3.05. The van der Waals surface area contributed by atoms with Crippen LogP contribution in [0.25, 0.3) is 5.76 Å². The molecule has 1 saturated heterocycles. The second-order valence-electron chi connectivity index (χ2n) is 8.27. The number of carbonyl (C=O) groups excluding carboxylic acids is 2. The number of ether oxygens (including phenoxy) is 2. The predicted octanol–water partition coefficient (Wildman–Crippen LogP) is 4.85. The molecule has 2 heterocycles. The topological polar surface area (TPSA) is 89.0 Å². The highest BCUT2D eigenvalue weighted by Crippen LogP contribution is 2.44. The Morgan fingerprint density at radius 1 is 0.941 bits per heavy atom. The van der Waals surface area contributed by atoms with Crippen molar-refractivity contribution in [2.24, 2.45) is 0 Å². The van der Waals surface area contributed by atoms with Gasteiger partial charge in [-0.15, -0.1) is 0 Å². The van der Waals surface area contributed by atoms with Crippen molar-refractivity contribution in [1.82, 2.24) is 4.98 Å². The van der Waals surface area contributed by atoms with E-state index in [0.717, 1.165) is 5.56 Å². The molecule has 0 radical (unpaired) electrons. The summed E-state index contributed by atoms with van der Waals surface area (Å²) in [4.78, 5) is 31.9. The standard InChI is InChI=1S/C27H26N2O5/c1-16(2)17-5-8-20(9-6-17)29-24(19-7-10-21(33-3)22(15-19)34-4)23(26(31)27(29)32)25(30)18-11-13-28-14-12-18/h5-16,24,30H,1-4H3/b25-23-. The Labute approximate surface area is 198 Å². The maximum atomic E-state index is 13.3. The number of rotatable bonds is 6. The molecule has 0 aliphatic carbocycles. The Morgan fingerprint density at radius 3 is 2.18 bits per heavy atom. The SMILES string of the molecule is COc1ccc(C2/C(=C(/O)c3ccncc3)C(=O)C(=O)N2c2ccc(C(C)C)cc2)cc1OC. The third kappa shape index (κ3) is 4.01. The Kier molecular flexibility index (Phi) is 6.36. The maximum absolute atomic E-state index is 13.3. The number of carbonyl (C=O) groups is 2. The number of pyridine rings is 1. The van der Waals surface area contributed by atoms with E-state index in [-0.39, 0.29) is 11.3 Å². The Balaban J connectivity index is 1.93. The van der Waals surface area contributed by atoms with Gasteiger partial charge in [-0.05, 0) is 53.4 Å². The van der Waals surface area contributed by atoms with E-state index in [2.05, 4.69) is 18.8 Å². The number of aromatic nitrogens is 1. The number of hydrogen-bond acceptors (Lipinski definition) is 6. The van der Waals surface area contributed by atoms with Crippen molar-refractivity contribution < 1.29 is 24.2 Å². The first-order valence-electron chi connectivity index (χ1n) is 10.9. The second kappa shape index (κ2) is 9.39. The van der Waals surface area contributed by atoms with E-state index in [1.165, 1.54) is 31.5 Å². The number of ketones is 1.